The lowest BCUT2D eigenvalue weighted by molar-refractivity contribution is -0.112. The predicted octanol–water partition coefficient (Wildman–Crippen LogP) is 5.17. The number of amides is 1. The molecule has 7 nitrogen and oxygen atoms in total. The molecule has 4 aliphatic carbocycles. The molecule has 2 aromatic rings. The molecule has 39 heavy (non-hydrogen) atoms. The largest absolute Gasteiger partial charge is 0.465 e. The molecule has 1 amide bonds. The second-order valence-electron chi connectivity index (χ2n) is 11.8. The quantitative estimate of drug-likeness (QED) is 0.274. The predicted molar refractivity (Wildman–Crippen MR) is 149 cm³/mol. The zero-order valence-corrected chi connectivity index (χ0v) is 22.5. The van der Waals surface area contributed by atoms with Crippen LogP contribution in [0.5, 0.6) is 5.75 Å². The van der Waals surface area contributed by atoms with Gasteiger partial charge in [-0.3, -0.25) is 9.69 Å². The molecule has 2 aromatic carbocycles. The van der Waals surface area contributed by atoms with E-state index in [2.05, 4.69) is 22.3 Å². The number of benzene rings is 2. The molecule has 4 bridgehead atoms. The van der Waals surface area contributed by atoms with Crippen LogP contribution in [0.15, 0.2) is 60.9 Å². The fourth-order valence-corrected chi connectivity index (χ4v) is 7.61. The SMILES string of the molecule is O=C(/C=C/Oc1ccc(C23CC4CC(CC(C4)C2)C3)cc1)Nc1cccc(C(=O)OCCN2CCOCC2)c1. The molecule has 0 spiro atoms. The first kappa shape index (κ1) is 26.1. The summed E-state index contributed by atoms with van der Waals surface area (Å²) in [6.45, 7) is 4.12. The van der Waals surface area contributed by atoms with Crippen LogP contribution in [-0.4, -0.2) is 56.2 Å². The lowest BCUT2D eigenvalue weighted by Crippen LogP contribution is -2.48. The molecule has 7 heteroatoms. The standard InChI is InChI=1S/C32H38N2O5/c35-30(33-28-3-1-2-26(19-28)31(36)39-15-11-34-9-13-37-14-10-34)8-12-38-29-6-4-27(5-7-29)32-20-23-16-24(21-32)18-25(17-23)22-32/h1-8,12,19,23-25H,9-11,13-18,20-22H2,(H,33,35)/b12-8+. The van der Waals surface area contributed by atoms with Gasteiger partial charge < -0.3 is 19.5 Å². The average molecular weight is 531 g/mol. The number of carbonyl (C=O) groups is 2. The smallest absolute Gasteiger partial charge is 0.338 e. The van der Waals surface area contributed by atoms with Crippen LogP contribution < -0.4 is 10.1 Å². The van der Waals surface area contributed by atoms with E-state index in [0.29, 0.717) is 48.8 Å². The summed E-state index contributed by atoms with van der Waals surface area (Å²) in [7, 11) is 0. The molecular weight excluding hydrogens is 492 g/mol. The molecule has 0 unspecified atom stereocenters. The molecule has 1 aliphatic heterocycles. The van der Waals surface area contributed by atoms with Crippen LogP contribution in [0.25, 0.3) is 0 Å². The molecule has 206 valence electrons. The number of hydrogen-bond donors (Lipinski definition) is 1. The van der Waals surface area contributed by atoms with Gasteiger partial charge in [0.2, 0.25) is 0 Å². The molecule has 0 atom stereocenters. The van der Waals surface area contributed by atoms with E-state index >= 15 is 0 Å². The summed E-state index contributed by atoms with van der Waals surface area (Å²) in [5.41, 5.74) is 2.74. The minimum Gasteiger partial charge on any atom is -0.465 e. The maximum Gasteiger partial charge on any atom is 0.338 e. The van der Waals surface area contributed by atoms with Gasteiger partial charge in [-0.2, -0.15) is 0 Å². The summed E-state index contributed by atoms with van der Waals surface area (Å²) in [5.74, 6) is 2.73. The Hall–Kier alpha value is -3.16. The molecular formula is C32H38N2O5. The number of hydrogen-bond acceptors (Lipinski definition) is 6. The highest BCUT2D eigenvalue weighted by molar-refractivity contribution is 6.00. The van der Waals surface area contributed by atoms with Gasteiger partial charge >= 0.3 is 5.97 Å². The molecule has 7 rings (SSSR count). The van der Waals surface area contributed by atoms with E-state index in [0.717, 1.165) is 30.8 Å². The van der Waals surface area contributed by atoms with Crippen molar-refractivity contribution in [3.8, 4) is 5.75 Å². The van der Waals surface area contributed by atoms with Gasteiger partial charge in [0, 0.05) is 31.4 Å². The minimum absolute atomic E-state index is 0.318. The second kappa shape index (κ2) is 11.5. The van der Waals surface area contributed by atoms with Crippen molar-refractivity contribution >= 4 is 17.6 Å². The highest BCUT2D eigenvalue weighted by Crippen LogP contribution is 2.60. The fourth-order valence-electron chi connectivity index (χ4n) is 7.61. The van der Waals surface area contributed by atoms with Crippen molar-refractivity contribution in [2.45, 2.75) is 43.9 Å². The van der Waals surface area contributed by atoms with Gasteiger partial charge in [-0.05, 0) is 97.6 Å². The van der Waals surface area contributed by atoms with Crippen molar-refractivity contribution in [3.05, 3.63) is 72.0 Å². The lowest BCUT2D eigenvalue weighted by Gasteiger charge is -2.57. The Bertz CT molecular complexity index is 1170. The second-order valence-corrected chi connectivity index (χ2v) is 11.8. The van der Waals surface area contributed by atoms with Crippen molar-refractivity contribution < 1.29 is 23.8 Å². The van der Waals surface area contributed by atoms with Gasteiger partial charge in [0.15, 0.2) is 0 Å². The summed E-state index contributed by atoms with van der Waals surface area (Å²) in [6, 6.07) is 15.2. The Kier molecular flexibility index (Phi) is 7.71. The number of carbonyl (C=O) groups excluding carboxylic acids is 2. The van der Waals surface area contributed by atoms with Crippen LogP contribution in [-0.2, 0) is 19.7 Å². The van der Waals surface area contributed by atoms with E-state index in [-0.39, 0.29) is 5.91 Å². The highest BCUT2D eigenvalue weighted by Gasteiger charge is 2.51. The van der Waals surface area contributed by atoms with Crippen LogP contribution in [0.2, 0.25) is 0 Å². The lowest BCUT2D eigenvalue weighted by atomic mass is 9.48. The number of nitrogens with one attached hydrogen (secondary N) is 1. The van der Waals surface area contributed by atoms with Gasteiger partial charge in [0.1, 0.15) is 12.4 Å². The maximum absolute atomic E-state index is 12.4. The fraction of sp³-hybridized carbons (Fsp3) is 0.500. The first-order valence-corrected chi connectivity index (χ1v) is 14.4. The van der Waals surface area contributed by atoms with Crippen LogP contribution in [0.4, 0.5) is 5.69 Å². The first-order chi connectivity index (χ1) is 19.0. The number of anilines is 1. The van der Waals surface area contributed by atoms with Gasteiger partial charge in [0.25, 0.3) is 5.91 Å². The van der Waals surface area contributed by atoms with Crippen molar-refractivity contribution in [1.29, 1.82) is 0 Å². The summed E-state index contributed by atoms with van der Waals surface area (Å²) < 4.78 is 16.5. The molecule has 0 aromatic heterocycles. The van der Waals surface area contributed by atoms with E-state index < -0.39 is 5.97 Å². The third-order valence-corrected chi connectivity index (χ3v) is 9.04. The molecule has 4 saturated carbocycles. The zero-order chi connectivity index (χ0) is 26.7. The summed E-state index contributed by atoms with van der Waals surface area (Å²) in [5, 5.41) is 2.78. The zero-order valence-electron chi connectivity index (χ0n) is 22.5. The molecule has 1 saturated heterocycles. The number of ether oxygens (including phenoxy) is 3. The number of rotatable bonds is 9. The van der Waals surface area contributed by atoms with E-state index in [9.17, 15) is 9.59 Å². The summed E-state index contributed by atoms with van der Waals surface area (Å²) in [4.78, 5) is 27.1. The topological polar surface area (TPSA) is 77.1 Å². The Balaban J connectivity index is 0.973. The van der Waals surface area contributed by atoms with Crippen LogP contribution in [0.3, 0.4) is 0 Å². The minimum atomic E-state index is -0.407. The maximum atomic E-state index is 12.4. The Labute approximate surface area is 230 Å². The van der Waals surface area contributed by atoms with Crippen LogP contribution in [0.1, 0.15) is 54.4 Å². The normalized spacial score (nSPS) is 27.9. The molecule has 5 aliphatic rings. The van der Waals surface area contributed by atoms with Crippen molar-refractivity contribution in [3.63, 3.8) is 0 Å². The molecule has 5 fully saturated rings. The molecule has 1 N–H and O–H groups in total. The van der Waals surface area contributed by atoms with Crippen molar-refractivity contribution in [2.75, 3.05) is 44.8 Å². The van der Waals surface area contributed by atoms with Crippen molar-refractivity contribution in [1.82, 2.24) is 4.90 Å². The highest BCUT2D eigenvalue weighted by atomic mass is 16.5. The summed E-state index contributed by atoms with van der Waals surface area (Å²) >= 11 is 0. The van der Waals surface area contributed by atoms with E-state index in [4.69, 9.17) is 14.2 Å². The number of esters is 1. The van der Waals surface area contributed by atoms with Gasteiger partial charge in [-0.15, -0.1) is 0 Å². The van der Waals surface area contributed by atoms with E-state index in [1.165, 1.54) is 56.4 Å². The molecule has 1 heterocycles. The third-order valence-electron chi connectivity index (χ3n) is 9.04. The Morgan fingerprint density at radius 1 is 0.974 bits per heavy atom. The van der Waals surface area contributed by atoms with E-state index in [1.807, 2.05) is 12.1 Å². The first-order valence-electron chi connectivity index (χ1n) is 14.4. The monoisotopic (exact) mass is 530 g/mol. The summed E-state index contributed by atoms with van der Waals surface area (Å²) in [6.07, 6.45) is 11.1. The Morgan fingerprint density at radius 2 is 1.67 bits per heavy atom. The van der Waals surface area contributed by atoms with Crippen LogP contribution >= 0.6 is 0 Å². The number of nitrogens with zero attached hydrogens (tertiary/aromatic N) is 1. The number of morpholine rings is 1. The van der Waals surface area contributed by atoms with Crippen molar-refractivity contribution in [2.24, 2.45) is 17.8 Å². The third kappa shape index (κ3) is 6.20. The van der Waals surface area contributed by atoms with Gasteiger partial charge in [0.05, 0.1) is 25.0 Å². The van der Waals surface area contributed by atoms with E-state index in [1.54, 1.807) is 24.3 Å². The Morgan fingerprint density at radius 3 is 2.36 bits per heavy atom. The van der Waals surface area contributed by atoms with Crippen LogP contribution in [0, 0.1) is 17.8 Å². The average Bonchev–Trinajstić information content (AvgIpc) is 2.93. The van der Waals surface area contributed by atoms with Gasteiger partial charge in [-0.1, -0.05) is 18.2 Å². The molecule has 0 radical (unpaired) electrons. The van der Waals surface area contributed by atoms with Gasteiger partial charge in [-0.25, -0.2) is 4.79 Å².